The Morgan fingerprint density at radius 2 is 2.04 bits per heavy atom. The Kier molecular flexibility index (Phi) is 8.88. The summed E-state index contributed by atoms with van der Waals surface area (Å²) >= 11 is 5.95. The van der Waals surface area contributed by atoms with Crippen molar-refractivity contribution in [2.45, 2.75) is 51.9 Å². The molecule has 0 saturated heterocycles. The van der Waals surface area contributed by atoms with E-state index >= 15 is 0 Å². The number of nitrogens with one attached hydrogen (secondary N) is 1. The van der Waals surface area contributed by atoms with Crippen molar-refractivity contribution in [2.75, 3.05) is 23.9 Å². The van der Waals surface area contributed by atoms with Gasteiger partial charge in [-0.3, -0.25) is 10.0 Å². The lowest BCUT2D eigenvalue weighted by Gasteiger charge is -2.23. The minimum atomic E-state index is -0.313. The first-order chi connectivity index (χ1) is 13.1. The molecule has 0 spiro atoms. The van der Waals surface area contributed by atoms with Crippen LogP contribution in [0.1, 0.15) is 51.3 Å². The third-order valence-corrected chi connectivity index (χ3v) is 5.02. The number of hydrogen-bond acceptors (Lipinski definition) is 4. The van der Waals surface area contributed by atoms with Crippen LogP contribution >= 0.6 is 11.6 Å². The fourth-order valence-electron chi connectivity index (χ4n) is 3.38. The summed E-state index contributed by atoms with van der Waals surface area (Å²) < 4.78 is 2.17. The largest absolute Gasteiger partial charge is 0.370 e. The number of halogens is 1. The van der Waals surface area contributed by atoms with Gasteiger partial charge in [-0.1, -0.05) is 19.8 Å². The average Bonchev–Trinajstić information content (AvgIpc) is 2.99. The van der Waals surface area contributed by atoms with Crippen LogP contribution in [-0.4, -0.2) is 39.6 Å². The average molecular weight is 395 g/mol. The standard InChI is InChI=1S/C20H31ClN4O2/c1-3-13-25(14-12-21)16-10-11-18-17(15-16)22-19(24(18)2)8-6-4-5-7-9-20(26)23-27/h10-11,15,27H,3-9,12-14H2,1-2H3,(H,23,26). The van der Waals surface area contributed by atoms with E-state index in [2.05, 4.69) is 41.6 Å². The van der Waals surface area contributed by atoms with Gasteiger partial charge in [0.15, 0.2) is 0 Å². The van der Waals surface area contributed by atoms with Gasteiger partial charge >= 0.3 is 0 Å². The van der Waals surface area contributed by atoms with Crippen LogP contribution in [0, 0.1) is 0 Å². The summed E-state index contributed by atoms with van der Waals surface area (Å²) in [4.78, 5) is 18.1. The molecule has 0 atom stereocenters. The molecule has 0 unspecified atom stereocenters. The Morgan fingerprint density at radius 1 is 1.26 bits per heavy atom. The number of amides is 1. The van der Waals surface area contributed by atoms with Crippen LogP contribution in [0.4, 0.5) is 5.69 Å². The molecule has 6 nitrogen and oxygen atoms in total. The zero-order valence-electron chi connectivity index (χ0n) is 16.4. The minimum Gasteiger partial charge on any atom is -0.370 e. The molecule has 0 radical (unpaired) electrons. The van der Waals surface area contributed by atoms with Gasteiger partial charge in [0.2, 0.25) is 5.91 Å². The van der Waals surface area contributed by atoms with Crippen LogP contribution in [0.3, 0.4) is 0 Å². The molecule has 1 heterocycles. The summed E-state index contributed by atoms with van der Waals surface area (Å²) in [6.07, 6.45) is 6.25. The van der Waals surface area contributed by atoms with Crippen LogP contribution in [0.25, 0.3) is 11.0 Å². The first-order valence-electron chi connectivity index (χ1n) is 9.79. The third kappa shape index (κ3) is 6.11. The van der Waals surface area contributed by atoms with Crippen LogP contribution < -0.4 is 10.4 Å². The van der Waals surface area contributed by atoms with Crippen molar-refractivity contribution < 1.29 is 10.0 Å². The van der Waals surface area contributed by atoms with Crippen molar-refractivity contribution in [3.05, 3.63) is 24.0 Å². The SMILES string of the molecule is CCCN(CCCl)c1ccc2c(c1)nc(CCCCCCC(=O)NO)n2C. The number of fused-ring (bicyclic) bond motifs is 1. The lowest BCUT2D eigenvalue weighted by molar-refractivity contribution is -0.129. The van der Waals surface area contributed by atoms with Crippen molar-refractivity contribution in [3.63, 3.8) is 0 Å². The second kappa shape index (κ2) is 11.1. The fraction of sp³-hybridized carbons (Fsp3) is 0.600. The smallest absolute Gasteiger partial charge is 0.243 e. The lowest BCUT2D eigenvalue weighted by atomic mass is 10.1. The Labute approximate surface area is 166 Å². The van der Waals surface area contributed by atoms with E-state index in [0.717, 1.165) is 68.5 Å². The predicted octanol–water partition coefficient (Wildman–Crippen LogP) is 4.03. The highest BCUT2D eigenvalue weighted by Gasteiger charge is 2.11. The first kappa shape index (κ1) is 21.5. The van der Waals surface area contributed by atoms with Gasteiger partial charge in [-0.25, -0.2) is 10.5 Å². The van der Waals surface area contributed by atoms with Crippen LogP contribution in [0.5, 0.6) is 0 Å². The lowest BCUT2D eigenvalue weighted by Crippen LogP contribution is -2.26. The summed E-state index contributed by atoms with van der Waals surface area (Å²) in [5, 5.41) is 8.48. The van der Waals surface area contributed by atoms with Gasteiger partial charge in [-0.2, -0.15) is 0 Å². The molecule has 0 bridgehead atoms. The number of nitrogens with zero attached hydrogens (tertiary/aromatic N) is 3. The summed E-state index contributed by atoms with van der Waals surface area (Å²) in [5.74, 6) is 1.40. The van der Waals surface area contributed by atoms with E-state index in [1.165, 1.54) is 5.69 Å². The van der Waals surface area contributed by atoms with Crippen LogP contribution in [0.15, 0.2) is 18.2 Å². The van der Waals surface area contributed by atoms with E-state index in [1.54, 1.807) is 5.48 Å². The first-order valence-corrected chi connectivity index (χ1v) is 10.3. The van der Waals surface area contributed by atoms with Crippen molar-refractivity contribution in [3.8, 4) is 0 Å². The normalized spacial score (nSPS) is 11.1. The molecule has 2 aromatic rings. The van der Waals surface area contributed by atoms with E-state index < -0.39 is 0 Å². The zero-order chi connectivity index (χ0) is 19.6. The number of alkyl halides is 1. The maximum Gasteiger partial charge on any atom is 0.243 e. The van der Waals surface area contributed by atoms with E-state index in [4.69, 9.17) is 21.8 Å². The number of carbonyl (C=O) groups is 1. The number of rotatable bonds is 12. The molecule has 7 heteroatoms. The monoisotopic (exact) mass is 394 g/mol. The highest BCUT2D eigenvalue weighted by atomic mass is 35.5. The molecule has 1 aromatic carbocycles. The summed E-state index contributed by atoms with van der Waals surface area (Å²) in [6.45, 7) is 4.01. The number of anilines is 1. The maximum absolute atomic E-state index is 11.0. The molecule has 1 amide bonds. The molecule has 0 aliphatic carbocycles. The van der Waals surface area contributed by atoms with E-state index in [9.17, 15) is 4.79 Å². The van der Waals surface area contributed by atoms with Gasteiger partial charge in [-0.15, -0.1) is 11.6 Å². The predicted molar refractivity (Wildman–Crippen MR) is 111 cm³/mol. The van der Waals surface area contributed by atoms with Gasteiger partial charge in [0.1, 0.15) is 5.82 Å². The maximum atomic E-state index is 11.0. The van der Waals surface area contributed by atoms with Crippen LogP contribution in [-0.2, 0) is 18.3 Å². The molecule has 0 fully saturated rings. The van der Waals surface area contributed by atoms with Crippen molar-refractivity contribution in [1.29, 1.82) is 0 Å². The number of benzene rings is 1. The Morgan fingerprint density at radius 3 is 2.74 bits per heavy atom. The second-order valence-corrected chi connectivity index (χ2v) is 7.26. The molecule has 0 aliphatic heterocycles. The van der Waals surface area contributed by atoms with Crippen molar-refractivity contribution in [1.82, 2.24) is 15.0 Å². The molecule has 2 rings (SSSR count). The summed E-state index contributed by atoms with van der Waals surface area (Å²) in [7, 11) is 2.07. The number of carbonyl (C=O) groups excluding carboxylic acids is 1. The van der Waals surface area contributed by atoms with E-state index in [1.807, 2.05) is 0 Å². The van der Waals surface area contributed by atoms with Crippen LogP contribution in [0.2, 0.25) is 0 Å². The van der Waals surface area contributed by atoms with E-state index in [-0.39, 0.29) is 5.91 Å². The second-order valence-electron chi connectivity index (χ2n) is 6.89. The quantitative estimate of drug-likeness (QED) is 0.247. The molecular weight excluding hydrogens is 364 g/mol. The highest BCUT2D eigenvalue weighted by Crippen LogP contribution is 2.23. The molecule has 2 N–H and O–H groups in total. The Bertz CT molecular complexity index is 726. The highest BCUT2D eigenvalue weighted by molar-refractivity contribution is 6.18. The number of imidazole rings is 1. The van der Waals surface area contributed by atoms with E-state index in [0.29, 0.717) is 12.3 Å². The van der Waals surface area contributed by atoms with Gasteiger partial charge in [0, 0.05) is 44.5 Å². The Hall–Kier alpha value is -1.79. The van der Waals surface area contributed by atoms with Gasteiger partial charge in [0.05, 0.1) is 11.0 Å². The molecule has 1 aromatic heterocycles. The number of aryl methyl sites for hydroxylation is 2. The fourth-order valence-corrected chi connectivity index (χ4v) is 3.58. The van der Waals surface area contributed by atoms with Crippen molar-refractivity contribution >= 4 is 34.2 Å². The van der Waals surface area contributed by atoms with Gasteiger partial charge < -0.3 is 9.47 Å². The zero-order valence-corrected chi connectivity index (χ0v) is 17.1. The summed E-state index contributed by atoms with van der Waals surface area (Å²) in [6, 6.07) is 6.46. The Balaban J connectivity index is 1.96. The number of hydroxylamine groups is 1. The molecular formula is C20H31ClN4O2. The molecule has 0 saturated carbocycles. The number of aromatic nitrogens is 2. The number of hydrogen-bond donors (Lipinski definition) is 2. The summed E-state index contributed by atoms with van der Waals surface area (Å²) in [5.41, 5.74) is 5.02. The van der Waals surface area contributed by atoms with Gasteiger partial charge in [-0.05, 0) is 37.5 Å². The number of unbranched alkanes of at least 4 members (excludes halogenated alkanes) is 3. The molecule has 0 aliphatic rings. The van der Waals surface area contributed by atoms with Crippen molar-refractivity contribution in [2.24, 2.45) is 7.05 Å². The third-order valence-electron chi connectivity index (χ3n) is 4.85. The molecule has 150 valence electrons. The van der Waals surface area contributed by atoms with Gasteiger partial charge in [0.25, 0.3) is 0 Å². The minimum absolute atomic E-state index is 0.313. The molecule has 27 heavy (non-hydrogen) atoms. The topological polar surface area (TPSA) is 70.4 Å².